The van der Waals surface area contributed by atoms with Crippen LogP contribution in [0.25, 0.3) is 0 Å². The summed E-state index contributed by atoms with van der Waals surface area (Å²) in [5.74, 6) is -1.01. The van der Waals surface area contributed by atoms with Gasteiger partial charge in [-0.2, -0.15) is 5.26 Å². The molecular formula is C12H13N3O4. The van der Waals surface area contributed by atoms with Gasteiger partial charge >= 0.3 is 5.97 Å². The van der Waals surface area contributed by atoms with Gasteiger partial charge in [-0.25, -0.2) is 0 Å². The normalized spacial score (nSPS) is 9.68. The summed E-state index contributed by atoms with van der Waals surface area (Å²) in [5.41, 5.74) is 0.0713. The predicted octanol–water partition coefficient (Wildman–Crippen LogP) is 1.77. The number of nitriles is 1. The highest BCUT2D eigenvalue weighted by molar-refractivity contribution is 5.74. The van der Waals surface area contributed by atoms with E-state index in [1.165, 1.54) is 23.1 Å². The van der Waals surface area contributed by atoms with E-state index in [0.717, 1.165) is 0 Å². The second-order valence-corrected chi connectivity index (χ2v) is 3.89. The van der Waals surface area contributed by atoms with E-state index in [4.69, 9.17) is 10.4 Å². The number of nitro groups is 1. The third-order valence-electron chi connectivity index (χ3n) is 2.48. The number of hydrogen-bond acceptors (Lipinski definition) is 5. The molecule has 0 heterocycles. The Morgan fingerprint density at radius 1 is 1.58 bits per heavy atom. The number of rotatable bonds is 6. The molecule has 0 aliphatic heterocycles. The second kappa shape index (κ2) is 6.35. The number of nitro benzene ring substituents is 1. The summed E-state index contributed by atoms with van der Waals surface area (Å²) in [6, 6.07) is 5.82. The van der Waals surface area contributed by atoms with E-state index in [-0.39, 0.29) is 17.8 Å². The summed E-state index contributed by atoms with van der Waals surface area (Å²) in [5, 5.41) is 28.5. The SMILES string of the molecule is CCCN(CC(=O)O)c1ccc(C#N)c([N+](=O)[O-])c1. The lowest BCUT2D eigenvalue weighted by atomic mass is 10.1. The van der Waals surface area contributed by atoms with Crippen LogP contribution in [0, 0.1) is 21.4 Å². The van der Waals surface area contributed by atoms with Gasteiger partial charge in [-0.3, -0.25) is 14.9 Å². The van der Waals surface area contributed by atoms with Gasteiger partial charge < -0.3 is 10.0 Å². The van der Waals surface area contributed by atoms with Gasteiger partial charge in [0.25, 0.3) is 5.69 Å². The quantitative estimate of drug-likeness (QED) is 0.619. The summed E-state index contributed by atoms with van der Waals surface area (Å²) in [4.78, 5) is 22.5. The fourth-order valence-electron chi connectivity index (χ4n) is 1.69. The van der Waals surface area contributed by atoms with Crippen LogP contribution < -0.4 is 4.90 Å². The standard InChI is InChI=1S/C12H13N3O4/c1-2-5-14(8-12(16)17)10-4-3-9(7-13)11(6-10)15(18)19/h3-4,6H,2,5,8H2,1H3,(H,16,17). The summed E-state index contributed by atoms with van der Waals surface area (Å²) in [6.45, 7) is 2.11. The Morgan fingerprint density at radius 3 is 2.74 bits per heavy atom. The summed E-state index contributed by atoms with van der Waals surface area (Å²) >= 11 is 0. The topological polar surface area (TPSA) is 107 Å². The molecule has 0 amide bonds. The molecule has 0 bridgehead atoms. The highest BCUT2D eigenvalue weighted by atomic mass is 16.6. The van der Waals surface area contributed by atoms with E-state index in [1.54, 1.807) is 6.07 Å². The molecule has 1 aromatic carbocycles. The molecule has 0 radical (unpaired) electrons. The number of nitrogens with zero attached hydrogens (tertiary/aromatic N) is 3. The molecule has 0 saturated carbocycles. The molecule has 0 aromatic heterocycles. The Morgan fingerprint density at radius 2 is 2.26 bits per heavy atom. The third kappa shape index (κ3) is 3.67. The average molecular weight is 263 g/mol. The maximum absolute atomic E-state index is 10.9. The van der Waals surface area contributed by atoms with Gasteiger partial charge in [0.1, 0.15) is 18.2 Å². The zero-order valence-corrected chi connectivity index (χ0v) is 10.4. The van der Waals surface area contributed by atoms with E-state index in [9.17, 15) is 14.9 Å². The molecule has 100 valence electrons. The minimum Gasteiger partial charge on any atom is -0.480 e. The molecule has 0 spiro atoms. The van der Waals surface area contributed by atoms with Gasteiger partial charge in [-0.05, 0) is 18.6 Å². The minimum atomic E-state index is -1.01. The van der Waals surface area contributed by atoms with Gasteiger partial charge in [0.05, 0.1) is 4.92 Å². The number of aliphatic carboxylic acids is 1. The van der Waals surface area contributed by atoms with Gasteiger partial charge in [0, 0.05) is 18.3 Å². The summed E-state index contributed by atoms with van der Waals surface area (Å²) < 4.78 is 0. The first-order valence-corrected chi connectivity index (χ1v) is 5.64. The lowest BCUT2D eigenvalue weighted by Crippen LogP contribution is -2.30. The van der Waals surface area contributed by atoms with Crippen molar-refractivity contribution in [3.05, 3.63) is 33.9 Å². The number of carbonyl (C=O) groups is 1. The van der Waals surface area contributed by atoms with E-state index in [2.05, 4.69) is 0 Å². The third-order valence-corrected chi connectivity index (χ3v) is 2.48. The summed E-state index contributed by atoms with van der Waals surface area (Å²) in [7, 11) is 0. The van der Waals surface area contributed by atoms with Crippen LogP contribution in [0.2, 0.25) is 0 Å². The van der Waals surface area contributed by atoms with Crippen LogP contribution in [-0.4, -0.2) is 29.1 Å². The van der Waals surface area contributed by atoms with Crippen molar-refractivity contribution in [1.29, 1.82) is 5.26 Å². The monoisotopic (exact) mass is 263 g/mol. The van der Waals surface area contributed by atoms with Crippen molar-refractivity contribution in [1.82, 2.24) is 0 Å². The van der Waals surface area contributed by atoms with E-state index >= 15 is 0 Å². The van der Waals surface area contributed by atoms with E-state index in [0.29, 0.717) is 18.7 Å². The Bertz CT molecular complexity index is 536. The van der Waals surface area contributed by atoms with Gasteiger partial charge in [-0.15, -0.1) is 0 Å². The lowest BCUT2D eigenvalue weighted by molar-refractivity contribution is -0.385. The fourth-order valence-corrected chi connectivity index (χ4v) is 1.69. The first-order valence-electron chi connectivity index (χ1n) is 5.64. The molecule has 0 unspecified atom stereocenters. The molecule has 0 saturated heterocycles. The molecule has 0 fully saturated rings. The van der Waals surface area contributed by atoms with Crippen molar-refractivity contribution < 1.29 is 14.8 Å². The van der Waals surface area contributed by atoms with Crippen LogP contribution in [0.3, 0.4) is 0 Å². The van der Waals surface area contributed by atoms with Gasteiger partial charge in [0.15, 0.2) is 0 Å². The molecule has 1 aromatic rings. The van der Waals surface area contributed by atoms with Crippen molar-refractivity contribution in [2.45, 2.75) is 13.3 Å². The highest BCUT2D eigenvalue weighted by Crippen LogP contribution is 2.25. The zero-order chi connectivity index (χ0) is 14.4. The minimum absolute atomic E-state index is 0.0412. The molecule has 0 atom stereocenters. The van der Waals surface area contributed by atoms with Crippen LogP contribution in [0.5, 0.6) is 0 Å². The first kappa shape index (κ1) is 14.4. The van der Waals surface area contributed by atoms with Crippen molar-refractivity contribution in [2.75, 3.05) is 18.0 Å². The molecule has 7 nitrogen and oxygen atoms in total. The Kier molecular flexibility index (Phi) is 4.83. The number of carboxylic acids is 1. The smallest absolute Gasteiger partial charge is 0.323 e. The van der Waals surface area contributed by atoms with Gasteiger partial charge in [0.2, 0.25) is 0 Å². The Hall–Kier alpha value is -2.62. The second-order valence-electron chi connectivity index (χ2n) is 3.89. The van der Waals surface area contributed by atoms with Crippen LogP contribution in [0.15, 0.2) is 18.2 Å². The van der Waals surface area contributed by atoms with Crippen molar-refractivity contribution >= 4 is 17.3 Å². The van der Waals surface area contributed by atoms with E-state index < -0.39 is 10.9 Å². The molecule has 7 heteroatoms. The number of anilines is 1. The maximum Gasteiger partial charge on any atom is 0.323 e. The number of benzene rings is 1. The molecule has 1 N–H and O–H groups in total. The van der Waals surface area contributed by atoms with E-state index in [1.807, 2.05) is 6.92 Å². The Labute approximate surface area is 109 Å². The average Bonchev–Trinajstić information content (AvgIpc) is 2.37. The molecular weight excluding hydrogens is 250 g/mol. The molecule has 1 rings (SSSR count). The lowest BCUT2D eigenvalue weighted by Gasteiger charge is -2.21. The van der Waals surface area contributed by atoms with Crippen molar-refractivity contribution in [2.24, 2.45) is 0 Å². The van der Waals surface area contributed by atoms with Crippen LogP contribution >= 0.6 is 0 Å². The largest absolute Gasteiger partial charge is 0.480 e. The Balaban J connectivity index is 3.17. The van der Waals surface area contributed by atoms with Crippen LogP contribution in [0.1, 0.15) is 18.9 Å². The molecule has 19 heavy (non-hydrogen) atoms. The number of carboxylic acid groups (broad SMARTS) is 1. The maximum atomic E-state index is 10.9. The van der Waals surface area contributed by atoms with Crippen molar-refractivity contribution in [3.63, 3.8) is 0 Å². The van der Waals surface area contributed by atoms with Crippen LogP contribution in [-0.2, 0) is 4.79 Å². The molecule has 0 aliphatic carbocycles. The molecule has 0 aliphatic rings. The number of hydrogen-bond donors (Lipinski definition) is 1. The van der Waals surface area contributed by atoms with Crippen LogP contribution in [0.4, 0.5) is 11.4 Å². The first-order chi connectivity index (χ1) is 8.99. The summed E-state index contributed by atoms with van der Waals surface area (Å²) in [6.07, 6.45) is 0.709. The predicted molar refractivity (Wildman–Crippen MR) is 68.0 cm³/mol. The highest BCUT2D eigenvalue weighted by Gasteiger charge is 2.18. The van der Waals surface area contributed by atoms with Crippen molar-refractivity contribution in [3.8, 4) is 6.07 Å². The fraction of sp³-hybridized carbons (Fsp3) is 0.333. The van der Waals surface area contributed by atoms with Gasteiger partial charge in [-0.1, -0.05) is 6.92 Å². The zero-order valence-electron chi connectivity index (χ0n) is 10.4.